The Balaban J connectivity index is 2.26. The molecule has 0 spiro atoms. The van der Waals surface area contributed by atoms with Gasteiger partial charge >= 0.3 is 0 Å². The summed E-state index contributed by atoms with van der Waals surface area (Å²) in [6.07, 6.45) is 0. The minimum atomic E-state index is -0.899. The molecular formula is C18H19F2NO3. The van der Waals surface area contributed by atoms with Crippen molar-refractivity contribution in [3.05, 3.63) is 58.7 Å². The van der Waals surface area contributed by atoms with Crippen LogP contribution in [-0.4, -0.2) is 20.1 Å². The average molecular weight is 335 g/mol. The summed E-state index contributed by atoms with van der Waals surface area (Å²) in [4.78, 5) is 12.2. The van der Waals surface area contributed by atoms with E-state index < -0.39 is 23.6 Å². The summed E-state index contributed by atoms with van der Waals surface area (Å²) in [5.41, 5.74) is 1.49. The van der Waals surface area contributed by atoms with Crippen LogP contribution >= 0.6 is 0 Å². The van der Waals surface area contributed by atoms with Crippen LogP contribution in [0.5, 0.6) is 11.5 Å². The molecule has 2 aromatic carbocycles. The molecule has 0 aliphatic rings. The van der Waals surface area contributed by atoms with Crippen LogP contribution in [0.15, 0.2) is 30.3 Å². The quantitative estimate of drug-likeness (QED) is 0.904. The van der Waals surface area contributed by atoms with Crippen molar-refractivity contribution in [1.29, 1.82) is 0 Å². The van der Waals surface area contributed by atoms with Crippen molar-refractivity contribution >= 4 is 5.91 Å². The molecule has 0 aromatic heterocycles. The lowest BCUT2D eigenvalue weighted by atomic mass is 10.0. The molecule has 0 aliphatic heterocycles. The number of hydrogen-bond acceptors (Lipinski definition) is 3. The van der Waals surface area contributed by atoms with Crippen LogP contribution in [0.2, 0.25) is 0 Å². The summed E-state index contributed by atoms with van der Waals surface area (Å²) in [6.45, 7) is 3.64. The van der Waals surface area contributed by atoms with Crippen LogP contribution < -0.4 is 14.8 Å². The number of hydrogen-bond donors (Lipinski definition) is 1. The second kappa shape index (κ2) is 7.29. The van der Waals surface area contributed by atoms with E-state index in [1.807, 2.05) is 6.92 Å². The minimum Gasteiger partial charge on any atom is -0.493 e. The largest absolute Gasteiger partial charge is 0.493 e. The summed E-state index contributed by atoms with van der Waals surface area (Å²) in [5, 5.41) is 2.70. The minimum absolute atomic E-state index is 0.207. The third kappa shape index (κ3) is 3.64. The van der Waals surface area contributed by atoms with E-state index in [1.165, 1.54) is 7.11 Å². The third-order valence-electron chi connectivity index (χ3n) is 3.76. The monoisotopic (exact) mass is 335 g/mol. The van der Waals surface area contributed by atoms with Gasteiger partial charge in [0, 0.05) is 6.07 Å². The van der Waals surface area contributed by atoms with Gasteiger partial charge in [-0.25, -0.2) is 8.78 Å². The molecule has 1 N–H and O–H groups in total. The Kier molecular flexibility index (Phi) is 5.39. The van der Waals surface area contributed by atoms with Gasteiger partial charge in [-0.1, -0.05) is 0 Å². The van der Waals surface area contributed by atoms with Gasteiger partial charge in [-0.15, -0.1) is 0 Å². The van der Waals surface area contributed by atoms with Gasteiger partial charge in [0.1, 0.15) is 11.6 Å². The molecule has 24 heavy (non-hydrogen) atoms. The predicted octanol–water partition coefficient (Wildman–Crippen LogP) is 3.78. The molecule has 2 rings (SSSR count). The Morgan fingerprint density at radius 3 is 2.29 bits per heavy atom. The molecule has 6 heteroatoms. The fourth-order valence-electron chi connectivity index (χ4n) is 2.49. The molecule has 0 radical (unpaired) electrons. The zero-order chi connectivity index (χ0) is 17.9. The van der Waals surface area contributed by atoms with Crippen molar-refractivity contribution in [3.63, 3.8) is 0 Å². The number of halogens is 2. The number of nitrogens with one attached hydrogen (secondary N) is 1. The Hall–Kier alpha value is -2.63. The Bertz CT molecular complexity index is 762. The Morgan fingerprint density at radius 2 is 1.71 bits per heavy atom. The van der Waals surface area contributed by atoms with Crippen molar-refractivity contribution in [2.24, 2.45) is 0 Å². The van der Waals surface area contributed by atoms with Crippen LogP contribution in [0.25, 0.3) is 0 Å². The summed E-state index contributed by atoms with van der Waals surface area (Å²) >= 11 is 0. The predicted molar refractivity (Wildman–Crippen MR) is 86.5 cm³/mol. The highest BCUT2D eigenvalue weighted by Gasteiger charge is 2.18. The van der Waals surface area contributed by atoms with Crippen LogP contribution in [0.3, 0.4) is 0 Å². The molecule has 0 bridgehead atoms. The zero-order valence-corrected chi connectivity index (χ0v) is 13.9. The van der Waals surface area contributed by atoms with Crippen molar-refractivity contribution in [3.8, 4) is 11.5 Å². The van der Waals surface area contributed by atoms with E-state index in [4.69, 9.17) is 9.47 Å². The zero-order valence-electron chi connectivity index (χ0n) is 13.9. The standard InChI is InChI=1S/C18H19F2NO3/c1-10-7-16(23-3)17(24-4)9-14(10)11(2)21-18(22)13-6-5-12(19)8-15(13)20/h5-9,11H,1-4H3,(H,21,22). The van der Waals surface area contributed by atoms with E-state index in [9.17, 15) is 13.6 Å². The number of rotatable bonds is 5. The summed E-state index contributed by atoms with van der Waals surface area (Å²) in [7, 11) is 3.06. The van der Waals surface area contributed by atoms with Gasteiger partial charge in [-0.3, -0.25) is 4.79 Å². The third-order valence-corrected chi connectivity index (χ3v) is 3.76. The molecule has 128 valence electrons. The Morgan fingerprint density at radius 1 is 1.08 bits per heavy atom. The molecule has 1 unspecified atom stereocenters. The maximum Gasteiger partial charge on any atom is 0.254 e. The normalized spacial score (nSPS) is 11.8. The van der Waals surface area contributed by atoms with Gasteiger partial charge in [0.15, 0.2) is 11.5 Å². The molecular weight excluding hydrogens is 316 g/mol. The lowest BCUT2D eigenvalue weighted by molar-refractivity contribution is 0.0935. The van der Waals surface area contributed by atoms with Crippen molar-refractivity contribution in [1.82, 2.24) is 5.32 Å². The maximum atomic E-state index is 13.7. The highest BCUT2D eigenvalue weighted by atomic mass is 19.1. The molecule has 0 fully saturated rings. The molecule has 0 heterocycles. The first-order valence-corrected chi connectivity index (χ1v) is 7.35. The van der Waals surface area contributed by atoms with Crippen LogP contribution in [0.1, 0.15) is 34.5 Å². The van der Waals surface area contributed by atoms with Crippen LogP contribution in [0.4, 0.5) is 8.78 Å². The first kappa shape index (κ1) is 17.7. The summed E-state index contributed by atoms with van der Waals surface area (Å²) in [5.74, 6) is -1.13. The number of ether oxygens (including phenoxy) is 2. The van der Waals surface area contributed by atoms with Gasteiger partial charge in [-0.2, -0.15) is 0 Å². The van der Waals surface area contributed by atoms with Crippen molar-refractivity contribution < 1.29 is 23.0 Å². The highest BCUT2D eigenvalue weighted by molar-refractivity contribution is 5.94. The fourth-order valence-corrected chi connectivity index (χ4v) is 2.49. The SMILES string of the molecule is COc1cc(C)c(C(C)NC(=O)c2ccc(F)cc2F)cc1OC. The van der Waals surface area contributed by atoms with E-state index in [2.05, 4.69) is 5.32 Å². The fraction of sp³-hybridized carbons (Fsp3) is 0.278. The molecule has 1 atom stereocenters. The lowest BCUT2D eigenvalue weighted by Gasteiger charge is -2.19. The Labute approximate surface area is 139 Å². The van der Waals surface area contributed by atoms with E-state index in [0.29, 0.717) is 17.6 Å². The molecule has 0 saturated heterocycles. The average Bonchev–Trinajstić information content (AvgIpc) is 2.54. The topological polar surface area (TPSA) is 47.6 Å². The smallest absolute Gasteiger partial charge is 0.254 e. The van der Waals surface area contributed by atoms with Gasteiger partial charge in [0.05, 0.1) is 25.8 Å². The first-order chi connectivity index (χ1) is 11.4. The van der Waals surface area contributed by atoms with Crippen LogP contribution in [0, 0.1) is 18.6 Å². The number of carbonyl (C=O) groups excluding carboxylic acids is 1. The van der Waals surface area contributed by atoms with E-state index in [1.54, 1.807) is 26.2 Å². The van der Waals surface area contributed by atoms with Gasteiger partial charge in [0.25, 0.3) is 5.91 Å². The summed E-state index contributed by atoms with van der Waals surface area (Å²) in [6, 6.07) is 6.01. The number of aryl methyl sites for hydroxylation is 1. The van der Waals surface area contributed by atoms with Crippen molar-refractivity contribution in [2.75, 3.05) is 14.2 Å². The number of amides is 1. The van der Waals surface area contributed by atoms with E-state index in [-0.39, 0.29) is 5.56 Å². The van der Waals surface area contributed by atoms with Crippen molar-refractivity contribution in [2.45, 2.75) is 19.9 Å². The number of methoxy groups -OCH3 is 2. The second-order valence-electron chi connectivity index (χ2n) is 5.38. The molecule has 0 aliphatic carbocycles. The van der Waals surface area contributed by atoms with Gasteiger partial charge in [0.2, 0.25) is 0 Å². The van der Waals surface area contributed by atoms with E-state index in [0.717, 1.165) is 23.3 Å². The molecule has 4 nitrogen and oxygen atoms in total. The molecule has 1 amide bonds. The van der Waals surface area contributed by atoms with Gasteiger partial charge < -0.3 is 14.8 Å². The number of carbonyl (C=O) groups is 1. The van der Waals surface area contributed by atoms with Gasteiger partial charge in [-0.05, 0) is 49.2 Å². The highest BCUT2D eigenvalue weighted by Crippen LogP contribution is 2.33. The van der Waals surface area contributed by atoms with E-state index >= 15 is 0 Å². The maximum absolute atomic E-state index is 13.7. The number of benzene rings is 2. The molecule has 0 saturated carbocycles. The molecule has 2 aromatic rings. The second-order valence-corrected chi connectivity index (χ2v) is 5.38. The summed E-state index contributed by atoms with van der Waals surface area (Å²) < 4.78 is 37.2. The lowest BCUT2D eigenvalue weighted by Crippen LogP contribution is -2.28. The first-order valence-electron chi connectivity index (χ1n) is 7.35. The van der Waals surface area contributed by atoms with Crippen LogP contribution in [-0.2, 0) is 0 Å².